The van der Waals surface area contributed by atoms with Crippen molar-refractivity contribution < 1.29 is 9.00 Å². The van der Waals surface area contributed by atoms with Crippen molar-refractivity contribution in [3.63, 3.8) is 0 Å². The van der Waals surface area contributed by atoms with Crippen molar-refractivity contribution in [1.82, 2.24) is 0 Å². The Morgan fingerprint density at radius 2 is 1.73 bits per heavy atom. The number of carbonyl (C=O) groups excluding carboxylic acids is 1. The lowest BCUT2D eigenvalue weighted by atomic mass is 10.1. The first-order valence-corrected chi connectivity index (χ1v) is 5.23. The van der Waals surface area contributed by atoms with Crippen molar-refractivity contribution >= 4 is 16.6 Å². The summed E-state index contributed by atoms with van der Waals surface area (Å²) in [4.78, 5) is 11.1. The molecule has 1 atom stereocenters. The number of carbonyl (C=O) groups is 1. The third-order valence-electron chi connectivity index (χ3n) is 1.45. The van der Waals surface area contributed by atoms with Gasteiger partial charge >= 0.3 is 0 Å². The van der Waals surface area contributed by atoms with Crippen LogP contribution in [-0.2, 0) is 15.6 Å². The predicted molar refractivity (Wildman–Crippen MR) is 48.0 cm³/mol. The van der Waals surface area contributed by atoms with Gasteiger partial charge in [-0.15, -0.1) is 0 Å². The molecule has 0 amide bonds. The third-order valence-corrected chi connectivity index (χ3v) is 3.07. The molecule has 0 saturated heterocycles. The molecule has 0 saturated carbocycles. The van der Waals surface area contributed by atoms with E-state index in [-0.39, 0.29) is 22.7 Å². The molecule has 0 aliphatic heterocycles. The van der Waals surface area contributed by atoms with Crippen molar-refractivity contribution in [2.45, 2.75) is 32.9 Å². The normalized spacial score (nSPS) is 14.0. The van der Waals surface area contributed by atoms with Gasteiger partial charge in [0.05, 0.1) is 5.75 Å². The van der Waals surface area contributed by atoms with Gasteiger partial charge < -0.3 is 0 Å². The van der Waals surface area contributed by atoms with Gasteiger partial charge in [0.2, 0.25) is 0 Å². The quantitative estimate of drug-likeness (QED) is 0.648. The van der Waals surface area contributed by atoms with Crippen LogP contribution in [0.15, 0.2) is 0 Å². The zero-order chi connectivity index (χ0) is 9.02. The maximum atomic E-state index is 11.1. The maximum Gasteiger partial charge on any atom is 0.147 e. The summed E-state index contributed by atoms with van der Waals surface area (Å²) in [7, 11) is -0.972. The third kappa shape index (κ3) is 4.30. The lowest BCUT2D eigenvalue weighted by molar-refractivity contribution is -0.119. The van der Waals surface area contributed by atoms with Crippen molar-refractivity contribution in [2.24, 2.45) is 5.92 Å². The monoisotopic (exact) mass is 176 g/mol. The highest BCUT2D eigenvalue weighted by Gasteiger charge is 2.13. The van der Waals surface area contributed by atoms with Gasteiger partial charge in [0, 0.05) is 22.0 Å². The number of ketones is 1. The first-order valence-electron chi connectivity index (χ1n) is 3.85. The number of Topliss-reactive ketones (excluding diaryl/α,β-unsaturated/α-hetero) is 1. The predicted octanol–water partition coefficient (Wildman–Crippen LogP) is 1.37. The molecule has 0 rings (SSSR count). The van der Waals surface area contributed by atoms with Gasteiger partial charge in [0.1, 0.15) is 5.78 Å². The van der Waals surface area contributed by atoms with E-state index in [1.165, 1.54) is 0 Å². The summed E-state index contributed by atoms with van der Waals surface area (Å²) >= 11 is 0. The summed E-state index contributed by atoms with van der Waals surface area (Å²) in [6.07, 6.45) is 0. The molecule has 0 N–H and O–H groups in total. The number of hydrogen-bond donors (Lipinski definition) is 0. The summed E-state index contributed by atoms with van der Waals surface area (Å²) in [6.45, 7) is 7.40. The van der Waals surface area contributed by atoms with Crippen LogP contribution in [0.3, 0.4) is 0 Å². The van der Waals surface area contributed by atoms with Gasteiger partial charge in [-0.2, -0.15) is 0 Å². The van der Waals surface area contributed by atoms with E-state index in [9.17, 15) is 9.00 Å². The van der Waals surface area contributed by atoms with Gasteiger partial charge in [-0.05, 0) is 0 Å². The summed E-state index contributed by atoms with van der Waals surface area (Å²) in [6, 6.07) is 0. The molecule has 0 aliphatic rings. The van der Waals surface area contributed by atoms with Crippen molar-refractivity contribution in [3.05, 3.63) is 0 Å². The van der Waals surface area contributed by atoms with Crippen LogP contribution in [0.4, 0.5) is 0 Å². The molecular formula is C8H16O2S. The Hall–Kier alpha value is -0.180. The fourth-order valence-corrected chi connectivity index (χ4v) is 1.42. The van der Waals surface area contributed by atoms with Gasteiger partial charge in [0.25, 0.3) is 0 Å². The average molecular weight is 176 g/mol. The zero-order valence-corrected chi connectivity index (χ0v) is 8.40. The Labute approximate surface area is 70.8 Å². The molecule has 2 nitrogen and oxygen atoms in total. The van der Waals surface area contributed by atoms with E-state index in [0.717, 1.165) is 0 Å². The molecule has 11 heavy (non-hydrogen) atoms. The van der Waals surface area contributed by atoms with Crippen molar-refractivity contribution in [2.75, 3.05) is 5.75 Å². The Morgan fingerprint density at radius 3 is 2.00 bits per heavy atom. The van der Waals surface area contributed by atoms with Crippen LogP contribution in [0.25, 0.3) is 0 Å². The van der Waals surface area contributed by atoms with Crippen molar-refractivity contribution in [3.8, 4) is 0 Å². The Bertz CT molecular complexity index is 143. The smallest absolute Gasteiger partial charge is 0.147 e. The lowest BCUT2D eigenvalue weighted by Crippen LogP contribution is -2.20. The molecule has 0 spiro atoms. The molecule has 0 fully saturated rings. The topological polar surface area (TPSA) is 34.1 Å². The number of hydrogen-bond acceptors (Lipinski definition) is 2. The van der Waals surface area contributed by atoms with Crippen LogP contribution in [0.1, 0.15) is 27.7 Å². The van der Waals surface area contributed by atoms with Crippen LogP contribution in [0.2, 0.25) is 0 Å². The highest BCUT2D eigenvalue weighted by molar-refractivity contribution is 7.86. The van der Waals surface area contributed by atoms with Crippen LogP contribution in [0, 0.1) is 5.92 Å². The molecule has 0 aromatic rings. The SMILES string of the molecule is CC(C)C(=O)CS(=O)C(C)C. The van der Waals surface area contributed by atoms with Crippen LogP contribution in [0.5, 0.6) is 0 Å². The molecule has 66 valence electrons. The molecular weight excluding hydrogens is 160 g/mol. The summed E-state index contributed by atoms with van der Waals surface area (Å²) < 4.78 is 11.1. The molecule has 0 aromatic heterocycles. The van der Waals surface area contributed by atoms with E-state index in [0.29, 0.717) is 0 Å². The van der Waals surface area contributed by atoms with Gasteiger partial charge in [-0.25, -0.2) is 0 Å². The lowest BCUT2D eigenvalue weighted by Gasteiger charge is -2.06. The van der Waals surface area contributed by atoms with Crippen LogP contribution < -0.4 is 0 Å². The molecule has 0 heterocycles. The maximum absolute atomic E-state index is 11.1. The van der Waals surface area contributed by atoms with E-state index < -0.39 is 10.8 Å². The fourth-order valence-electron chi connectivity index (χ4n) is 0.474. The minimum Gasteiger partial charge on any atom is -0.298 e. The first kappa shape index (κ1) is 10.8. The van der Waals surface area contributed by atoms with Crippen LogP contribution >= 0.6 is 0 Å². The molecule has 3 heteroatoms. The highest BCUT2D eigenvalue weighted by atomic mass is 32.2. The fraction of sp³-hybridized carbons (Fsp3) is 0.875. The minimum absolute atomic E-state index is 0.0118. The van der Waals surface area contributed by atoms with E-state index in [2.05, 4.69) is 0 Å². The summed E-state index contributed by atoms with van der Waals surface area (Å²) in [5.41, 5.74) is 0. The summed E-state index contributed by atoms with van der Waals surface area (Å²) in [5, 5.41) is 0.0951. The van der Waals surface area contributed by atoms with E-state index in [1.54, 1.807) is 0 Å². The first-order chi connectivity index (χ1) is 4.95. The molecule has 0 bridgehead atoms. The second-order valence-electron chi connectivity index (χ2n) is 3.19. The molecule has 0 aromatic carbocycles. The van der Waals surface area contributed by atoms with Gasteiger partial charge in [-0.3, -0.25) is 9.00 Å². The number of rotatable bonds is 4. The zero-order valence-electron chi connectivity index (χ0n) is 7.59. The second-order valence-corrected chi connectivity index (χ2v) is 5.19. The highest BCUT2D eigenvalue weighted by Crippen LogP contribution is 2.00. The minimum atomic E-state index is -0.972. The van der Waals surface area contributed by atoms with Crippen molar-refractivity contribution in [1.29, 1.82) is 0 Å². The Morgan fingerprint density at radius 1 is 1.27 bits per heavy atom. The van der Waals surface area contributed by atoms with E-state index >= 15 is 0 Å². The summed E-state index contributed by atoms with van der Waals surface area (Å²) in [5.74, 6) is 0.324. The Kier molecular flexibility index (Phi) is 4.57. The second kappa shape index (κ2) is 4.65. The Balaban J connectivity index is 3.86. The van der Waals surface area contributed by atoms with E-state index in [4.69, 9.17) is 0 Å². The largest absolute Gasteiger partial charge is 0.298 e. The van der Waals surface area contributed by atoms with Crippen LogP contribution in [-0.4, -0.2) is 21.0 Å². The standard InChI is InChI=1S/C8H16O2S/c1-6(2)8(9)5-11(10)7(3)4/h6-7H,5H2,1-4H3. The van der Waals surface area contributed by atoms with Gasteiger partial charge in [0.15, 0.2) is 0 Å². The average Bonchev–Trinajstić information content (AvgIpc) is 1.87. The molecule has 0 aliphatic carbocycles. The van der Waals surface area contributed by atoms with E-state index in [1.807, 2.05) is 27.7 Å². The van der Waals surface area contributed by atoms with Gasteiger partial charge in [-0.1, -0.05) is 27.7 Å². The molecule has 0 radical (unpaired) electrons. The molecule has 1 unspecified atom stereocenters.